The lowest BCUT2D eigenvalue weighted by Gasteiger charge is -2.16. The van der Waals surface area contributed by atoms with Crippen LogP contribution in [0, 0.1) is 0 Å². The molecule has 7 heteroatoms. The van der Waals surface area contributed by atoms with E-state index in [0.717, 1.165) is 18.4 Å². The van der Waals surface area contributed by atoms with Crippen molar-refractivity contribution < 1.29 is 14.7 Å². The van der Waals surface area contributed by atoms with E-state index in [0.29, 0.717) is 10.7 Å². The lowest BCUT2D eigenvalue weighted by molar-refractivity contribution is -0.123. The monoisotopic (exact) mass is 319 g/mol. The number of rotatable bonds is 5. The zero-order valence-electron chi connectivity index (χ0n) is 11.6. The third-order valence-corrected chi connectivity index (χ3v) is 4.14. The van der Waals surface area contributed by atoms with E-state index in [2.05, 4.69) is 15.3 Å². The predicted molar refractivity (Wildman–Crippen MR) is 79.8 cm³/mol. The summed E-state index contributed by atoms with van der Waals surface area (Å²) >= 11 is 5.99. The number of benzene rings is 1. The number of carboxylic acid groups (broad SMARTS) is 1. The predicted octanol–water partition coefficient (Wildman–Crippen LogP) is 2.11. The number of H-pyrrole nitrogens is 1. The molecule has 6 nitrogen and oxygen atoms in total. The van der Waals surface area contributed by atoms with Gasteiger partial charge >= 0.3 is 5.97 Å². The van der Waals surface area contributed by atoms with Gasteiger partial charge in [-0.25, -0.2) is 9.78 Å². The van der Waals surface area contributed by atoms with E-state index in [1.54, 1.807) is 12.1 Å². The van der Waals surface area contributed by atoms with Gasteiger partial charge in [0, 0.05) is 5.02 Å². The molecule has 1 saturated carbocycles. The van der Waals surface area contributed by atoms with Crippen LogP contribution in [0.15, 0.2) is 30.6 Å². The summed E-state index contributed by atoms with van der Waals surface area (Å²) in [6.07, 6.45) is 2.82. The van der Waals surface area contributed by atoms with Crippen molar-refractivity contribution in [1.29, 1.82) is 0 Å². The molecule has 1 aliphatic rings. The molecule has 0 atom stereocenters. The minimum atomic E-state index is -1.12. The van der Waals surface area contributed by atoms with Crippen LogP contribution in [-0.4, -0.2) is 27.0 Å². The Bertz CT molecular complexity index is 737. The number of nitrogens with one attached hydrogen (secondary N) is 2. The number of hydrogen-bond donors (Lipinski definition) is 3. The Morgan fingerprint density at radius 3 is 2.82 bits per heavy atom. The quantitative estimate of drug-likeness (QED) is 0.786. The molecule has 1 fully saturated rings. The van der Waals surface area contributed by atoms with Crippen molar-refractivity contribution in [3.63, 3.8) is 0 Å². The van der Waals surface area contributed by atoms with E-state index in [4.69, 9.17) is 16.7 Å². The number of carbonyl (C=O) groups is 2. The molecule has 3 N–H and O–H groups in total. The first kappa shape index (κ1) is 14.6. The number of aromatic amines is 1. The van der Waals surface area contributed by atoms with E-state index >= 15 is 0 Å². The molecule has 1 amide bonds. The molecule has 22 heavy (non-hydrogen) atoms. The zero-order chi connectivity index (χ0) is 15.7. The minimum Gasteiger partial charge on any atom is -0.476 e. The molecule has 114 valence electrons. The summed E-state index contributed by atoms with van der Waals surface area (Å²) in [6.45, 7) is 0.1000. The maximum Gasteiger partial charge on any atom is 0.356 e. The number of aromatic carboxylic acids is 1. The van der Waals surface area contributed by atoms with Crippen molar-refractivity contribution in [3.05, 3.63) is 52.6 Å². The van der Waals surface area contributed by atoms with Crippen molar-refractivity contribution in [2.24, 2.45) is 0 Å². The largest absolute Gasteiger partial charge is 0.476 e. The molecule has 0 saturated heterocycles. The Hall–Kier alpha value is -2.34. The van der Waals surface area contributed by atoms with Crippen molar-refractivity contribution in [2.45, 2.75) is 24.8 Å². The molecule has 2 aromatic rings. The van der Waals surface area contributed by atoms with E-state index in [-0.39, 0.29) is 18.1 Å². The number of nitrogens with zero attached hydrogens (tertiary/aromatic N) is 1. The highest BCUT2D eigenvalue weighted by Crippen LogP contribution is 2.48. The van der Waals surface area contributed by atoms with Gasteiger partial charge in [0.2, 0.25) is 5.91 Å². The maximum absolute atomic E-state index is 12.5. The fraction of sp³-hybridized carbons (Fsp3) is 0.267. The van der Waals surface area contributed by atoms with Crippen LogP contribution in [0.4, 0.5) is 0 Å². The van der Waals surface area contributed by atoms with Gasteiger partial charge in [-0.3, -0.25) is 4.79 Å². The fourth-order valence-electron chi connectivity index (χ4n) is 2.54. The molecule has 0 radical (unpaired) electrons. The van der Waals surface area contributed by atoms with Crippen molar-refractivity contribution in [3.8, 4) is 0 Å². The first-order valence-corrected chi connectivity index (χ1v) is 7.20. The van der Waals surface area contributed by atoms with Crippen LogP contribution in [0.1, 0.15) is 34.6 Å². The molecule has 0 unspecified atom stereocenters. The Morgan fingerprint density at radius 1 is 1.41 bits per heavy atom. The molecular formula is C15H14ClN3O3. The van der Waals surface area contributed by atoms with Crippen molar-refractivity contribution in [1.82, 2.24) is 15.3 Å². The Balaban J connectivity index is 1.72. The van der Waals surface area contributed by atoms with Gasteiger partial charge in [-0.1, -0.05) is 23.7 Å². The van der Waals surface area contributed by atoms with E-state index < -0.39 is 11.4 Å². The number of amides is 1. The molecule has 0 spiro atoms. The maximum atomic E-state index is 12.5. The molecular weight excluding hydrogens is 306 g/mol. The van der Waals surface area contributed by atoms with Gasteiger partial charge in [0.1, 0.15) is 0 Å². The summed E-state index contributed by atoms with van der Waals surface area (Å²) in [7, 11) is 0. The summed E-state index contributed by atoms with van der Waals surface area (Å²) in [5.74, 6) is -1.25. The van der Waals surface area contributed by atoms with Crippen LogP contribution in [0.25, 0.3) is 0 Å². The lowest BCUT2D eigenvalue weighted by atomic mass is 9.95. The number of hydrogen-bond acceptors (Lipinski definition) is 3. The van der Waals surface area contributed by atoms with Crippen LogP contribution in [0.2, 0.25) is 5.02 Å². The molecule has 0 bridgehead atoms. The Morgan fingerprint density at radius 2 is 2.18 bits per heavy atom. The standard InChI is InChI=1S/C15H14ClN3O3/c16-10-3-1-2-9(6-10)15(4-5-15)14(22)17-7-11-12(13(20)21)19-8-18-11/h1-3,6,8H,4-5,7H2,(H,17,22)(H,18,19)(H,20,21). The number of carboxylic acids is 1. The third kappa shape index (κ3) is 2.57. The smallest absolute Gasteiger partial charge is 0.356 e. The zero-order valence-corrected chi connectivity index (χ0v) is 12.4. The van der Waals surface area contributed by atoms with Crippen LogP contribution in [0.3, 0.4) is 0 Å². The van der Waals surface area contributed by atoms with E-state index in [1.165, 1.54) is 6.33 Å². The molecule has 0 aliphatic heterocycles. The number of carbonyl (C=O) groups excluding carboxylic acids is 1. The molecule has 1 aromatic heterocycles. The van der Waals surface area contributed by atoms with Crippen LogP contribution in [0.5, 0.6) is 0 Å². The minimum absolute atomic E-state index is 0.0760. The second kappa shape index (κ2) is 5.46. The summed E-state index contributed by atoms with van der Waals surface area (Å²) in [6, 6.07) is 7.27. The van der Waals surface area contributed by atoms with Crippen LogP contribution in [-0.2, 0) is 16.8 Å². The highest BCUT2D eigenvalue weighted by Gasteiger charge is 2.51. The fourth-order valence-corrected chi connectivity index (χ4v) is 2.73. The molecule has 3 rings (SSSR count). The van der Waals surface area contributed by atoms with Gasteiger partial charge in [-0.15, -0.1) is 0 Å². The Labute approximate surface area is 131 Å². The second-order valence-electron chi connectivity index (χ2n) is 5.31. The number of imidazole rings is 1. The SMILES string of the molecule is O=C(O)c1nc[nH]c1CNC(=O)C1(c2cccc(Cl)c2)CC1. The highest BCUT2D eigenvalue weighted by atomic mass is 35.5. The van der Waals surface area contributed by atoms with Crippen LogP contribution < -0.4 is 5.32 Å². The van der Waals surface area contributed by atoms with Gasteiger partial charge in [-0.05, 0) is 30.5 Å². The summed E-state index contributed by atoms with van der Waals surface area (Å²) in [5.41, 5.74) is 0.644. The molecule has 1 aromatic carbocycles. The first-order chi connectivity index (χ1) is 10.5. The van der Waals surface area contributed by atoms with Crippen molar-refractivity contribution in [2.75, 3.05) is 0 Å². The average molecular weight is 320 g/mol. The van der Waals surface area contributed by atoms with Gasteiger partial charge in [0.15, 0.2) is 5.69 Å². The number of halogens is 1. The van der Waals surface area contributed by atoms with Gasteiger partial charge in [0.05, 0.1) is 24.0 Å². The first-order valence-electron chi connectivity index (χ1n) is 6.83. The topological polar surface area (TPSA) is 95.1 Å². The van der Waals surface area contributed by atoms with Crippen LogP contribution >= 0.6 is 11.6 Å². The highest BCUT2D eigenvalue weighted by molar-refractivity contribution is 6.30. The molecule has 1 heterocycles. The number of aromatic nitrogens is 2. The van der Waals surface area contributed by atoms with Gasteiger partial charge in [-0.2, -0.15) is 0 Å². The van der Waals surface area contributed by atoms with Crippen molar-refractivity contribution >= 4 is 23.5 Å². The van der Waals surface area contributed by atoms with Gasteiger partial charge < -0.3 is 15.4 Å². The summed E-state index contributed by atoms with van der Waals surface area (Å²) in [5, 5.41) is 12.4. The van der Waals surface area contributed by atoms with E-state index in [9.17, 15) is 9.59 Å². The van der Waals surface area contributed by atoms with E-state index in [1.807, 2.05) is 12.1 Å². The normalized spacial score (nSPS) is 15.3. The average Bonchev–Trinajstić information content (AvgIpc) is 3.16. The lowest BCUT2D eigenvalue weighted by Crippen LogP contribution is -2.34. The summed E-state index contributed by atoms with van der Waals surface area (Å²) in [4.78, 5) is 29.9. The third-order valence-electron chi connectivity index (χ3n) is 3.91. The second-order valence-corrected chi connectivity index (χ2v) is 5.75. The molecule has 1 aliphatic carbocycles. The van der Waals surface area contributed by atoms with Gasteiger partial charge in [0.25, 0.3) is 0 Å². The summed E-state index contributed by atoms with van der Waals surface area (Å²) < 4.78 is 0. The Kier molecular flexibility index (Phi) is 3.62.